The fraction of sp³-hybridized carbons (Fsp3) is 0.160. The van der Waals surface area contributed by atoms with Crippen LogP contribution < -0.4 is 14.8 Å². The lowest BCUT2D eigenvalue weighted by molar-refractivity contribution is 0.0941. The summed E-state index contributed by atoms with van der Waals surface area (Å²) in [7, 11) is 0. The molecule has 1 aliphatic heterocycles. The topological polar surface area (TPSA) is 73.3 Å². The first-order valence-corrected chi connectivity index (χ1v) is 10.1. The molecule has 1 atom stereocenters. The van der Waals surface area contributed by atoms with Gasteiger partial charge in [0.1, 0.15) is 0 Å². The number of ether oxygens (including phenoxy) is 2. The number of carbonyl (C=O) groups is 1. The van der Waals surface area contributed by atoms with E-state index in [0.29, 0.717) is 11.3 Å². The first-order chi connectivity index (χ1) is 15.1. The van der Waals surface area contributed by atoms with Gasteiger partial charge < -0.3 is 14.8 Å². The number of nitrogens with zero attached hydrogens (tertiary/aromatic N) is 2. The van der Waals surface area contributed by atoms with Crippen molar-refractivity contribution < 1.29 is 14.3 Å². The van der Waals surface area contributed by atoms with Crippen LogP contribution >= 0.6 is 0 Å². The molecule has 3 heterocycles. The fourth-order valence-electron chi connectivity index (χ4n) is 3.74. The summed E-state index contributed by atoms with van der Waals surface area (Å²) in [6.45, 7) is 4.18. The molecule has 0 unspecified atom stereocenters. The second-order valence-electron chi connectivity index (χ2n) is 7.62. The Kier molecular flexibility index (Phi) is 4.75. The highest BCUT2D eigenvalue weighted by molar-refractivity contribution is 6.07. The molecule has 2 aromatic carbocycles. The summed E-state index contributed by atoms with van der Waals surface area (Å²) >= 11 is 0. The van der Waals surface area contributed by atoms with E-state index in [2.05, 4.69) is 10.3 Å². The second kappa shape index (κ2) is 7.72. The lowest BCUT2D eigenvalue weighted by atomic mass is 10.0. The SMILES string of the molecule is Cc1ccc2nc(-c3ccncc3)cc(C(=O)N[C@@H](C)c3ccc4c(c3)OCO4)c2c1. The molecule has 0 bridgehead atoms. The summed E-state index contributed by atoms with van der Waals surface area (Å²) in [6, 6.07) is 17.1. The highest BCUT2D eigenvalue weighted by atomic mass is 16.7. The van der Waals surface area contributed by atoms with Gasteiger partial charge in [-0.2, -0.15) is 0 Å². The molecule has 4 aromatic rings. The third-order valence-electron chi connectivity index (χ3n) is 5.43. The smallest absolute Gasteiger partial charge is 0.252 e. The molecule has 0 saturated heterocycles. The maximum atomic E-state index is 13.4. The van der Waals surface area contributed by atoms with Gasteiger partial charge >= 0.3 is 0 Å². The van der Waals surface area contributed by atoms with Gasteiger partial charge in [0, 0.05) is 23.3 Å². The number of carbonyl (C=O) groups excluding carboxylic acids is 1. The molecule has 154 valence electrons. The van der Waals surface area contributed by atoms with E-state index in [1.165, 1.54) is 0 Å². The van der Waals surface area contributed by atoms with Gasteiger partial charge in [0.15, 0.2) is 11.5 Å². The lowest BCUT2D eigenvalue weighted by Crippen LogP contribution is -2.27. The monoisotopic (exact) mass is 411 g/mol. The number of pyridine rings is 2. The van der Waals surface area contributed by atoms with Crippen molar-refractivity contribution in [3.05, 3.63) is 83.7 Å². The van der Waals surface area contributed by atoms with Gasteiger partial charge in [0.05, 0.1) is 22.8 Å². The zero-order valence-electron chi connectivity index (χ0n) is 17.3. The van der Waals surface area contributed by atoms with Crippen LogP contribution in [0, 0.1) is 6.92 Å². The Balaban J connectivity index is 1.52. The van der Waals surface area contributed by atoms with Crippen LogP contribution in [0.25, 0.3) is 22.2 Å². The minimum Gasteiger partial charge on any atom is -0.454 e. The van der Waals surface area contributed by atoms with Gasteiger partial charge in [0.2, 0.25) is 6.79 Å². The molecule has 2 aromatic heterocycles. The van der Waals surface area contributed by atoms with E-state index < -0.39 is 0 Å². The molecule has 0 aliphatic carbocycles. The van der Waals surface area contributed by atoms with Gasteiger partial charge in [-0.1, -0.05) is 17.7 Å². The number of fused-ring (bicyclic) bond motifs is 2. The first kappa shape index (κ1) is 19.1. The zero-order valence-corrected chi connectivity index (χ0v) is 17.3. The van der Waals surface area contributed by atoms with Crippen molar-refractivity contribution >= 4 is 16.8 Å². The molecule has 0 radical (unpaired) electrons. The molecule has 6 heteroatoms. The molecule has 1 N–H and O–H groups in total. The van der Waals surface area contributed by atoms with Crippen LogP contribution in [0.4, 0.5) is 0 Å². The predicted octanol–water partition coefficient (Wildman–Crippen LogP) is 4.82. The minimum absolute atomic E-state index is 0.154. The standard InChI is InChI=1S/C25H21N3O3/c1-15-3-5-21-19(11-15)20(13-22(28-21)17-7-9-26-10-8-17)25(29)27-16(2)18-4-6-23-24(12-18)31-14-30-23/h3-13,16H,14H2,1-2H3,(H,27,29)/t16-/m0/s1. The molecule has 6 nitrogen and oxygen atoms in total. The third-order valence-corrected chi connectivity index (χ3v) is 5.43. The number of aryl methyl sites for hydroxylation is 1. The Labute approximate surface area is 179 Å². The number of nitrogens with one attached hydrogen (secondary N) is 1. The molecule has 0 saturated carbocycles. The molecule has 1 aliphatic rings. The summed E-state index contributed by atoms with van der Waals surface area (Å²) in [5, 5.41) is 3.95. The quantitative estimate of drug-likeness (QED) is 0.521. The number of benzene rings is 2. The Morgan fingerprint density at radius 3 is 2.65 bits per heavy atom. The fourth-order valence-corrected chi connectivity index (χ4v) is 3.74. The van der Waals surface area contributed by atoms with E-state index in [4.69, 9.17) is 14.5 Å². The van der Waals surface area contributed by atoms with Crippen molar-refractivity contribution in [2.45, 2.75) is 19.9 Å². The van der Waals surface area contributed by atoms with Crippen LogP contribution in [-0.4, -0.2) is 22.7 Å². The Morgan fingerprint density at radius 2 is 1.81 bits per heavy atom. The molecule has 1 amide bonds. The van der Waals surface area contributed by atoms with Crippen molar-refractivity contribution in [3.63, 3.8) is 0 Å². The number of amides is 1. The average Bonchev–Trinajstić information content (AvgIpc) is 3.27. The van der Waals surface area contributed by atoms with Crippen molar-refractivity contribution in [2.75, 3.05) is 6.79 Å². The van der Waals surface area contributed by atoms with Crippen molar-refractivity contribution in [1.29, 1.82) is 0 Å². The molecular weight excluding hydrogens is 390 g/mol. The first-order valence-electron chi connectivity index (χ1n) is 10.1. The van der Waals surface area contributed by atoms with Gasteiger partial charge in [0.25, 0.3) is 5.91 Å². The van der Waals surface area contributed by atoms with Crippen molar-refractivity contribution in [2.24, 2.45) is 0 Å². The third kappa shape index (κ3) is 3.68. The zero-order chi connectivity index (χ0) is 21.4. The van der Waals surface area contributed by atoms with Crippen LogP contribution in [-0.2, 0) is 0 Å². The largest absolute Gasteiger partial charge is 0.454 e. The average molecular weight is 411 g/mol. The van der Waals surface area contributed by atoms with Gasteiger partial charge in [-0.15, -0.1) is 0 Å². The van der Waals surface area contributed by atoms with Crippen LogP contribution in [0.5, 0.6) is 11.5 Å². The summed E-state index contributed by atoms with van der Waals surface area (Å²) in [4.78, 5) is 22.2. The minimum atomic E-state index is -0.209. The maximum Gasteiger partial charge on any atom is 0.252 e. The van der Waals surface area contributed by atoms with E-state index >= 15 is 0 Å². The van der Waals surface area contributed by atoms with Gasteiger partial charge in [-0.3, -0.25) is 9.78 Å². The molecule has 0 fully saturated rings. The summed E-state index contributed by atoms with van der Waals surface area (Å²) in [5.41, 5.74) is 5.04. The predicted molar refractivity (Wildman–Crippen MR) is 118 cm³/mol. The Hall–Kier alpha value is -3.93. The van der Waals surface area contributed by atoms with E-state index in [1.54, 1.807) is 12.4 Å². The number of aromatic nitrogens is 2. The highest BCUT2D eigenvalue weighted by Crippen LogP contribution is 2.34. The van der Waals surface area contributed by atoms with E-state index in [1.807, 2.05) is 68.4 Å². The Bertz CT molecular complexity index is 1290. The van der Waals surface area contributed by atoms with E-state index in [-0.39, 0.29) is 18.7 Å². The summed E-state index contributed by atoms with van der Waals surface area (Å²) in [5.74, 6) is 1.27. The van der Waals surface area contributed by atoms with Gasteiger partial charge in [-0.05, 0) is 61.9 Å². The number of rotatable bonds is 4. The van der Waals surface area contributed by atoms with E-state index in [9.17, 15) is 4.79 Å². The van der Waals surface area contributed by atoms with E-state index in [0.717, 1.165) is 39.0 Å². The summed E-state index contributed by atoms with van der Waals surface area (Å²) < 4.78 is 10.8. The maximum absolute atomic E-state index is 13.4. The second-order valence-corrected chi connectivity index (χ2v) is 7.62. The van der Waals surface area contributed by atoms with Crippen LogP contribution in [0.1, 0.15) is 34.5 Å². The molecule has 0 spiro atoms. The normalized spacial score (nSPS) is 13.2. The molecule has 5 rings (SSSR count). The highest BCUT2D eigenvalue weighted by Gasteiger charge is 2.19. The van der Waals surface area contributed by atoms with Crippen LogP contribution in [0.15, 0.2) is 67.0 Å². The van der Waals surface area contributed by atoms with Crippen molar-refractivity contribution in [3.8, 4) is 22.8 Å². The Morgan fingerprint density at radius 1 is 1.00 bits per heavy atom. The lowest BCUT2D eigenvalue weighted by Gasteiger charge is -2.17. The van der Waals surface area contributed by atoms with Crippen LogP contribution in [0.3, 0.4) is 0 Å². The molecular formula is C25H21N3O3. The summed E-state index contributed by atoms with van der Waals surface area (Å²) in [6.07, 6.45) is 3.44. The number of hydrogen-bond donors (Lipinski definition) is 1. The van der Waals surface area contributed by atoms with Crippen LogP contribution in [0.2, 0.25) is 0 Å². The number of hydrogen-bond acceptors (Lipinski definition) is 5. The molecule has 31 heavy (non-hydrogen) atoms. The van der Waals surface area contributed by atoms with Crippen molar-refractivity contribution in [1.82, 2.24) is 15.3 Å². The van der Waals surface area contributed by atoms with Gasteiger partial charge in [-0.25, -0.2) is 4.98 Å².